The van der Waals surface area contributed by atoms with E-state index in [2.05, 4.69) is 5.32 Å². The fourth-order valence-electron chi connectivity index (χ4n) is 1.84. The Morgan fingerprint density at radius 3 is 2.43 bits per heavy atom. The van der Waals surface area contributed by atoms with Gasteiger partial charge in [0.2, 0.25) is 0 Å². The third-order valence-electron chi connectivity index (χ3n) is 2.91. The molecule has 0 aromatic heterocycles. The Balaban J connectivity index is 1.97. The minimum Gasteiger partial charge on any atom is -0.399 e. The molecule has 1 amide bonds. The van der Waals surface area contributed by atoms with E-state index in [-0.39, 0.29) is 21.5 Å². The number of nitrogens with two attached hydrogens (primary N) is 1. The predicted octanol–water partition coefficient (Wildman–Crippen LogP) is 4.20. The first-order valence-electron chi connectivity index (χ1n) is 6.24. The molecule has 3 nitrogen and oxygen atoms in total. The van der Waals surface area contributed by atoms with Gasteiger partial charge in [-0.1, -0.05) is 46.9 Å². The van der Waals surface area contributed by atoms with Crippen molar-refractivity contribution in [3.05, 3.63) is 62.6 Å². The SMILES string of the molecule is Nc1cc(Cl)c(Cl)c(C(=O)NCCc2ccc(Cl)cc2)c1. The quantitative estimate of drug-likeness (QED) is 0.817. The van der Waals surface area contributed by atoms with Gasteiger partial charge in [0, 0.05) is 17.3 Å². The average Bonchev–Trinajstić information content (AvgIpc) is 2.44. The number of carbonyl (C=O) groups is 1. The van der Waals surface area contributed by atoms with Crippen LogP contribution in [0.2, 0.25) is 15.1 Å². The lowest BCUT2D eigenvalue weighted by atomic mass is 10.1. The number of hydrogen-bond donors (Lipinski definition) is 2. The summed E-state index contributed by atoms with van der Waals surface area (Å²) in [6, 6.07) is 10.5. The van der Waals surface area contributed by atoms with Crippen LogP contribution in [0.4, 0.5) is 5.69 Å². The molecular formula is C15H13Cl3N2O. The highest BCUT2D eigenvalue weighted by atomic mass is 35.5. The van der Waals surface area contributed by atoms with Gasteiger partial charge in [-0.25, -0.2) is 0 Å². The number of nitrogens with one attached hydrogen (secondary N) is 1. The summed E-state index contributed by atoms with van der Waals surface area (Å²) in [6.07, 6.45) is 0.691. The number of halogens is 3. The van der Waals surface area contributed by atoms with Gasteiger partial charge in [-0.2, -0.15) is 0 Å². The van der Waals surface area contributed by atoms with Crippen LogP contribution in [0.15, 0.2) is 36.4 Å². The second-order valence-electron chi connectivity index (χ2n) is 4.50. The zero-order valence-corrected chi connectivity index (χ0v) is 13.3. The zero-order chi connectivity index (χ0) is 15.4. The van der Waals surface area contributed by atoms with Crippen molar-refractivity contribution >= 4 is 46.4 Å². The van der Waals surface area contributed by atoms with Crippen molar-refractivity contribution < 1.29 is 4.79 Å². The topological polar surface area (TPSA) is 55.1 Å². The molecule has 0 aliphatic rings. The van der Waals surface area contributed by atoms with E-state index in [1.165, 1.54) is 12.1 Å². The maximum Gasteiger partial charge on any atom is 0.252 e. The largest absolute Gasteiger partial charge is 0.399 e. The molecule has 110 valence electrons. The maximum atomic E-state index is 12.1. The summed E-state index contributed by atoms with van der Waals surface area (Å²) in [5.41, 5.74) is 7.42. The van der Waals surface area contributed by atoms with Crippen LogP contribution < -0.4 is 11.1 Å². The van der Waals surface area contributed by atoms with E-state index in [1.54, 1.807) is 0 Å². The van der Waals surface area contributed by atoms with Crippen molar-refractivity contribution in [1.29, 1.82) is 0 Å². The summed E-state index contributed by atoms with van der Waals surface area (Å²) in [5.74, 6) is -0.303. The fraction of sp³-hybridized carbons (Fsp3) is 0.133. The highest BCUT2D eigenvalue weighted by Gasteiger charge is 2.13. The minimum atomic E-state index is -0.303. The fourth-order valence-corrected chi connectivity index (χ4v) is 2.39. The van der Waals surface area contributed by atoms with Gasteiger partial charge >= 0.3 is 0 Å². The summed E-state index contributed by atoms with van der Waals surface area (Å²) in [6.45, 7) is 0.475. The van der Waals surface area contributed by atoms with Gasteiger partial charge in [0.25, 0.3) is 5.91 Å². The lowest BCUT2D eigenvalue weighted by molar-refractivity contribution is 0.0954. The van der Waals surface area contributed by atoms with Gasteiger partial charge in [-0.05, 0) is 36.2 Å². The van der Waals surface area contributed by atoms with E-state index in [4.69, 9.17) is 40.5 Å². The highest BCUT2D eigenvalue weighted by molar-refractivity contribution is 6.44. The molecule has 0 spiro atoms. The van der Waals surface area contributed by atoms with E-state index in [1.807, 2.05) is 24.3 Å². The molecule has 2 rings (SSSR count). The van der Waals surface area contributed by atoms with Crippen molar-refractivity contribution in [3.8, 4) is 0 Å². The number of carbonyl (C=O) groups excluding carboxylic acids is 1. The molecule has 0 fully saturated rings. The molecule has 2 aromatic carbocycles. The molecule has 2 aromatic rings. The van der Waals surface area contributed by atoms with Crippen molar-refractivity contribution in [3.63, 3.8) is 0 Å². The van der Waals surface area contributed by atoms with Crippen LogP contribution >= 0.6 is 34.8 Å². The summed E-state index contributed by atoms with van der Waals surface area (Å²) in [5, 5.41) is 3.94. The lowest BCUT2D eigenvalue weighted by Gasteiger charge is -2.09. The van der Waals surface area contributed by atoms with Crippen LogP contribution in [0.25, 0.3) is 0 Å². The van der Waals surface area contributed by atoms with Gasteiger partial charge in [-0.3, -0.25) is 4.79 Å². The Morgan fingerprint density at radius 1 is 1.10 bits per heavy atom. The molecule has 0 saturated heterocycles. The Kier molecular flexibility index (Phi) is 5.34. The van der Waals surface area contributed by atoms with E-state index < -0.39 is 0 Å². The standard InChI is InChI=1S/C15H13Cl3N2O/c16-10-3-1-9(2-4-10)5-6-20-15(21)12-7-11(19)8-13(17)14(12)18/h1-4,7-8H,5-6,19H2,(H,20,21). The lowest BCUT2D eigenvalue weighted by Crippen LogP contribution is -2.26. The van der Waals surface area contributed by atoms with E-state index in [0.717, 1.165) is 5.56 Å². The molecule has 0 atom stereocenters. The minimum absolute atomic E-state index is 0.204. The van der Waals surface area contributed by atoms with Crippen LogP contribution in [-0.2, 0) is 6.42 Å². The zero-order valence-electron chi connectivity index (χ0n) is 11.0. The summed E-state index contributed by atoms with van der Waals surface area (Å²) >= 11 is 17.7. The molecule has 0 saturated carbocycles. The first-order valence-corrected chi connectivity index (χ1v) is 7.38. The van der Waals surface area contributed by atoms with E-state index >= 15 is 0 Å². The third-order valence-corrected chi connectivity index (χ3v) is 3.96. The maximum absolute atomic E-state index is 12.1. The Bertz CT molecular complexity index is 657. The molecule has 6 heteroatoms. The van der Waals surface area contributed by atoms with Crippen LogP contribution in [-0.4, -0.2) is 12.5 Å². The van der Waals surface area contributed by atoms with E-state index in [0.29, 0.717) is 23.7 Å². The van der Waals surface area contributed by atoms with Crippen LogP contribution in [0.3, 0.4) is 0 Å². The van der Waals surface area contributed by atoms with E-state index in [9.17, 15) is 4.79 Å². The molecule has 21 heavy (non-hydrogen) atoms. The van der Waals surface area contributed by atoms with Crippen LogP contribution in [0, 0.1) is 0 Å². The van der Waals surface area contributed by atoms with Crippen molar-refractivity contribution in [2.45, 2.75) is 6.42 Å². The molecule has 3 N–H and O–H groups in total. The predicted molar refractivity (Wildman–Crippen MR) is 88.4 cm³/mol. The van der Waals surface area contributed by atoms with Crippen LogP contribution in [0.5, 0.6) is 0 Å². The summed E-state index contributed by atoms with van der Waals surface area (Å²) in [7, 11) is 0. The Hall–Kier alpha value is -1.42. The van der Waals surface area contributed by atoms with Gasteiger partial charge in [-0.15, -0.1) is 0 Å². The second kappa shape index (κ2) is 7.03. The van der Waals surface area contributed by atoms with Gasteiger partial charge in [0.05, 0.1) is 15.6 Å². The number of benzene rings is 2. The van der Waals surface area contributed by atoms with Crippen molar-refractivity contribution in [2.75, 3.05) is 12.3 Å². The number of amides is 1. The summed E-state index contributed by atoms with van der Waals surface area (Å²) < 4.78 is 0. The number of rotatable bonds is 4. The second-order valence-corrected chi connectivity index (χ2v) is 5.72. The molecule has 0 bridgehead atoms. The smallest absolute Gasteiger partial charge is 0.252 e. The monoisotopic (exact) mass is 342 g/mol. The first-order chi connectivity index (χ1) is 9.97. The molecule has 0 heterocycles. The Labute approximate surface area is 138 Å². The molecule has 0 aliphatic heterocycles. The number of nitrogen functional groups attached to an aromatic ring is 1. The third kappa shape index (κ3) is 4.27. The van der Waals surface area contributed by atoms with Gasteiger partial charge < -0.3 is 11.1 Å². The normalized spacial score (nSPS) is 10.4. The van der Waals surface area contributed by atoms with Crippen molar-refractivity contribution in [1.82, 2.24) is 5.32 Å². The molecule has 0 aliphatic carbocycles. The highest BCUT2D eigenvalue weighted by Crippen LogP contribution is 2.28. The average molecular weight is 344 g/mol. The summed E-state index contributed by atoms with van der Waals surface area (Å²) in [4.78, 5) is 12.1. The number of anilines is 1. The van der Waals surface area contributed by atoms with Crippen LogP contribution in [0.1, 0.15) is 15.9 Å². The Morgan fingerprint density at radius 2 is 1.76 bits per heavy atom. The number of hydrogen-bond acceptors (Lipinski definition) is 2. The van der Waals surface area contributed by atoms with Gasteiger partial charge in [0.15, 0.2) is 0 Å². The molecule has 0 unspecified atom stereocenters. The molecule has 0 radical (unpaired) electrons. The van der Waals surface area contributed by atoms with Crippen molar-refractivity contribution in [2.24, 2.45) is 0 Å². The molecular weight excluding hydrogens is 331 g/mol. The van der Waals surface area contributed by atoms with Gasteiger partial charge in [0.1, 0.15) is 0 Å². The first kappa shape index (κ1) is 16.0.